The van der Waals surface area contributed by atoms with Gasteiger partial charge in [-0.05, 0) is 74.1 Å². The zero-order valence-corrected chi connectivity index (χ0v) is 13.9. The number of hydrogen-bond acceptors (Lipinski definition) is 2. The van der Waals surface area contributed by atoms with Gasteiger partial charge >= 0.3 is 0 Å². The summed E-state index contributed by atoms with van der Waals surface area (Å²) >= 11 is 15.7. The van der Waals surface area contributed by atoms with Crippen molar-refractivity contribution < 1.29 is 0 Å². The molecule has 0 saturated carbocycles. The van der Waals surface area contributed by atoms with E-state index < -0.39 is 0 Å². The third-order valence-corrected chi connectivity index (χ3v) is 5.94. The normalized spacial score (nSPS) is 13.1. The van der Waals surface area contributed by atoms with Gasteiger partial charge in [0.15, 0.2) is 0 Å². The highest BCUT2D eigenvalue weighted by Gasteiger charge is 2.16. The average Bonchev–Trinajstić information content (AvgIpc) is 2.71. The Morgan fingerprint density at radius 1 is 1.47 bits per heavy atom. The molecule has 15 heavy (non-hydrogen) atoms. The molecule has 0 nitrogen and oxygen atoms in total. The van der Waals surface area contributed by atoms with Gasteiger partial charge in [-0.2, -0.15) is 0 Å². The minimum Gasteiger partial charge on any atom is -0.137 e. The molecule has 2 heterocycles. The molecule has 0 bridgehead atoms. The van der Waals surface area contributed by atoms with E-state index in [1.807, 2.05) is 0 Å². The largest absolute Gasteiger partial charge is 0.137 e. The first kappa shape index (κ1) is 12.4. The van der Waals surface area contributed by atoms with Gasteiger partial charge in [-0.15, -0.1) is 34.3 Å². The molecule has 0 aliphatic rings. The molecule has 0 radical (unpaired) electrons. The van der Waals surface area contributed by atoms with E-state index in [4.69, 9.17) is 11.6 Å². The molecule has 0 saturated heterocycles. The van der Waals surface area contributed by atoms with E-state index in [2.05, 4.69) is 63.0 Å². The summed E-state index contributed by atoms with van der Waals surface area (Å²) < 4.78 is 2.42. The number of thiophene rings is 2. The first-order chi connectivity index (χ1) is 7.08. The van der Waals surface area contributed by atoms with Gasteiger partial charge in [-0.3, -0.25) is 0 Å². The second-order valence-corrected chi connectivity index (χ2v) is 8.99. The summed E-state index contributed by atoms with van der Waals surface area (Å²) in [6.07, 6.45) is 0. The van der Waals surface area contributed by atoms with Crippen molar-refractivity contribution in [2.24, 2.45) is 0 Å². The van der Waals surface area contributed by atoms with Crippen LogP contribution in [0.3, 0.4) is 0 Å². The van der Waals surface area contributed by atoms with Gasteiger partial charge in [0.05, 0.1) is 12.0 Å². The van der Waals surface area contributed by atoms with Crippen molar-refractivity contribution in [2.45, 2.75) is 12.3 Å². The van der Waals surface area contributed by atoms with Crippen LogP contribution in [-0.4, -0.2) is 0 Å². The highest BCUT2D eigenvalue weighted by atomic mass is 127. The Hall–Kier alpha value is 0.900. The van der Waals surface area contributed by atoms with Gasteiger partial charge in [-0.25, -0.2) is 0 Å². The molecule has 1 unspecified atom stereocenters. The van der Waals surface area contributed by atoms with Crippen LogP contribution in [0.4, 0.5) is 0 Å². The summed E-state index contributed by atoms with van der Waals surface area (Å²) in [6, 6.07) is 4.26. The van der Waals surface area contributed by atoms with Gasteiger partial charge < -0.3 is 0 Å². The summed E-state index contributed by atoms with van der Waals surface area (Å²) in [5.41, 5.74) is 2.40. The van der Waals surface area contributed by atoms with E-state index in [-0.39, 0.29) is 5.38 Å². The SMILES string of the molecule is Cc1sc(Br)cc1C(Cl)c1csc(I)c1. The number of rotatable bonds is 2. The summed E-state index contributed by atoms with van der Waals surface area (Å²) in [6.45, 7) is 2.11. The number of halogens is 3. The maximum atomic E-state index is 6.45. The van der Waals surface area contributed by atoms with Crippen molar-refractivity contribution in [1.29, 1.82) is 0 Å². The summed E-state index contributed by atoms with van der Waals surface area (Å²) in [5, 5.41) is 2.11. The molecular weight excluding hydrogens is 427 g/mol. The molecule has 0 N–H and O–H groups in total. The molecule has 2 aromatic heterocycles. The molecule has 2 aromatic rings. The Morgan fingerprint density at radius 2 is 2.20 bits per heavy atom. The Kier molecular flexibility index (Phi) is 4.15. The molecule has 1 atom stereocenters. The lowest BCUT2D eigenvalue weighted by Gasteiger charge is -2.06. The van der Waals surface area contributed by atoms with Gasteiger partial charge in [-0.1, -0.05) is 0 Å². The fourth-order valence-corrected chi connectivity index (χ4v) is 4.98. The van der Waals surface area contributed by atoms with E-state index in [1.165, 1.54) is 18.9 Å². The van der Waals surface area contributed by atoms with Crippen LogP contribution in [0.1, 0.15) is 21.4 Å². The quantitative estimate of drug-likeness (QED) is 0.414. The van der Waals surface area contributed by atoms with Gasteiger partial charge in [0.25, 0.3) is 0 Å². The second kappa shape index (κ2) is 5.04. The minimum absolute atomic E-state index is 0.0210. The van der Waals surface area contributed by atoms with Crippen molar-refractivity contribution in [2.75, 3.05) is 0 Å². The number of hydrogen-bond donors (Lipinski definition) is 0. The fourth-order valence-electron chi connectivity index (χ4n) is 1.35. The summed E-state index contributed by atoms with van der Waals surface area (Å²) in [7, 11) is 0. The molecule has 0 spiro atoms. The van der Waals surface area contributed by atoms with E-state index in [0.717, 1.165) is 3.79 Å². The molecular formula is C10H7BrClIS2. The van der Waals surface area contributed by atoms with E-state index in [1.54, 1.807) is 22.7 Å². The lowest BCUT2D eigenvalue weighted by atomic mass is 10.1. The molecule has 0 amide bonds. The predicted octanol–water partition coefficient (Wildman–Crippen LogP) is 5.81. The molecule has 0 aliphatic carbocycles. The van der Waals surface area contributed by atoms with Crippen LogP contribution in [0, 0.1) is 9.81 Å². The number of aryl methyl sites for hydroxylation is 1. The molecule has 2 rings (SSSR count). The average molecular weight is 434 g/mol. The Morgan fingerprint density at radius 3 is 2.67 bits per heavy atom. The van der Waals surface area contributed by atoms with Gasteiger partial charge in [0, 0.05) is 4.88 Å². The predicted molar refractivity (Wildman–Crippen MR) is 81.5 cm³/mol. The Labute approximate surface area is 124 Å². The molecule has 80 valence electrons. The summed E-state index contributed by atoms with van der Waals surface area (Å²) in [5.74, 6) is 0. The molecule has 0 aromatic carbocycles. The second-order valence-electron chi connectivity index (χ2n) is 3.11. The van der Waals surface area contributed by atoms with Crippen LogP contribution in [0.5, 0.6) is 0 Å². The first-order valence-corrected chi connectivity index (χ1v) is 8.22. The molecule has 0 aliphatic heterocycles. The fraction of sp³-hybridized carbons (Fsp3) is 0.200. The van der Waals surface area contributed by atoms with Crippen LogP contribution >= 0.6 is 72.8 Å². The third-order valence-electron chi connectivity index (χ3n) is 2.08. The van der Waals surface area contributed by atoms with Crippen LogP contribution in [-0.2, 0) is 0 Å². The van der Waals surface area contributed by atoms with E-state index in [9.17, 15) is 0 Å². The zero-order chi connectivity index (χ0) is 11.0. The molecule has 0 fully saturated rings. The summed E-state index contributed by atoms with van der Waals surface area (Å²) in [4.78, 5) is 1.28. The van der Waals surface area contributed by atoms with Crippen molar-refractivity contribution in [3.05, 3.63) is 40.2 Å². The van der Waals surface area contributed by atoms with Crippen molar-refractivity contribution in [3.63, 3.8) is 0 Å². The van der Waals surface area contributed by atoms with Crippen molar-refractivity contribution in [1.82, 2.24) is 0 Å². The third kappa shape index (κ3) is 2.77. The highest BCUT2D eigenvalue weighted by Crippen LogP contribution is 2.38. The lowest BCUT2D eigenvalue weighted by molar-refractivity contribution is 1.15. The van der Waals surface area contributed by atoms with E-state index >= 15 is 0 Å². The van der Waals surface area contributed by atoms with Gasteiger partial charge in [0.2, 0.25) is 0 Å². The van der Waals surface area contributed by atoms with Crippen LogP contribution in [0.25, 0.3) is 0 Å². The first-order valence-electron chi connectivity index (χ1n) is 4.21. The number of alkyl halides is 1. The van der Waals surface area contributed by atoms with Crippen molar-refractivity contribution in [3.8, 4) is 0 Å². The van der Waals surface area contributed by atoms with Gasteiger partial charge in [0.1, 0.15) is 0 Å². The maximum Gasteiger partial charge on any atom is 0.0854 e. The monoisotopic (exact) mass is 432 g/mol. The topological polar surface area (TPSA) is 0 Å². The lowest BCUT2D eigenvalue weighted by Crippen LogP contribution is -1.90. The maximum absolute atomic E-state index is 6.45. The van der Waals surface area contributed by atoms with Crippen LogP contribution in [0.2, 0.25) is 0 Å². The minimum atomic E-state index is -0.0210. The Balaban J connectivity index is 2.35. The Bertz CT molecular complexity index is 477. The highest BCUT2D eigenvalue weighted by molar-refractivity contribution is 14.1. The van der Waals surface area contributed by atoms with Crippen LogP contribution in [0.15, 0.2) is 21.3 Å². The standard InChI is InChI=1S/C10H7BrClIS2/c1-5-7(3-8(11)15-5)10(12)6-2-9(13)14-4-6/h2-4,10H,1H3. The van der Waals surface area contributed by atoms with Crippen LogP contribution < -0.4 is 0 Å². The molecule has 5 heteroatoms. The van der Waals surface area contributed by atoms with Crippen molar-refractivity contribution >= 4 is 72.8 Å². The smallest absolute Gasteiger partial charge is 0.0854 e. The zero-order valence-electron chi connectivity index (χ0n) is 7.76. The van der Waals surface area contributed by atoms with E-state index in [0.29, 0.717) is 0 Å².